The molecule has 1 heterocycles. The zero-order chi connectivity index (χ0) is 22.6. The summed E-state index contributed by atoms with van der Waals surface area (Å²) in [6.45, 7) is 7.54. The molecule has 2 aromatic carbocycles. The highest BCUT2D eigenvalue weighted by atomic mass is 35.5. The summed E-state index contributed by atoms with van der Waals surface area (Å²) in [5, 5.41) is 0.531. The van der Waals surface area contributed by atoms with E-state index in [1.807, 2.05) is 36.1 Å². The van der Waals surface area contributed by atoms with Crippen molar-refractivity contribution < 1.29 is 13.2 Å². The summed E-state index contributed by atoms with van der Waals surface area (Å²) < 4.78 is 28.3. The highest BCUT2D eigenvalue weighted by Crippen LogP contribution is 2.30. The van der Waals surface area contributed by atoms with Gasteiger partial charge in [0.05, 0.1) is 10.8 Å². The largest absolute Gasteiger partial charge is 0.342 e. The Morgan fingerprint density at radius 3 is 2.48 bits per heavy atom. The smallest absolute Gasteiger partial charge is 0.240 e. The Kier molecular flexibility index (Phi) is 7.78. The van der Waals surface area contributed by atoms with Gasteiger partial charge in [-0.25, -0.2) is 13.1 Å². The lowest BCUT2D eigenvalue weighted by atomic mass is 9.92. The van der Waals surface area contributed by atoms with E-state index in [4.69, 9.17) is 11.6 Å². The van der Waals surface area contributed by atoms with Crippen molar-refractivity contribution in [3.63, 3.8) is 0 Å². The molecular formula is C24H31ClN2O3S. The molecule has 1 aliphatic rings. The molecule has 3 rings (SSSR count). The monoisotopic (exact) mass is 462 g/mol. The molecule has 1 amide bonds. The SMILES string of the molecule is Cc1ccc(S(=O)(=O)NCCC(C(=O)N2CCC(C)CC2)c2ccccc2Cl)c(C)c1. The summed E-state index contributed by atoms with van der Waals surface area (Å²) >= 11 is 6.42. The summed E-state index contributed by atoms with van der Waals surface area (Å²) in [6, 6.07) is 12.6. The first-order valence-electron chi connectivity index (χ1n) is 10.8. The Morgan fingerprint density at radius 2 is 1.84 bits per heavy atom. The third-order valence-corrected chi connectivity index (χ3v) is 7.98. The lowest BCUT2D eigenvalue weighted by molar-refractivity contribution is -0.134. The van der Waals surface area contributed by atoms with E-state index in [-0.39, 0.29) is 17.3 Å². The number of sulfonamides is 1. The highest BCUT2D eigenvalue weighted by molar-refractivity contribution is 7.89. The average Bonchev–Trinajstić information content (AvgIpc) is 2.72. The lowest BCUT2D eigenvalue weighted by Crippen LogP contribution is -2.41. The van der Waals surface area contributed by atoms with Crippen molar-refractivity contribution in [2.45, 2.75) is 50.8 Å². The molecule has 1 N–H and O–H groups in total. The second-order valence-corrected chi connectivity index (χ2v) is 10.7. The molecule has 168 valence electrons. The van der Waals surface area contributed by atoms with Crippen LogP contribution in [0.3, 0.4) is 0 Å². The van der Waals surface area contributed by atoms with Gasteiger partial charge < -0.3 is 4.90 Å². The molecule has 0 aromatic heterocycles. The summed E-state index contributed by atoms with van der Waals surface area (Å²) in [5.41, 5.74) is 2.46. The summed E-state index contributed by atoms with van der Waals surface area (Å²) in [6.07, 6.45) is 2.32. The molecule has 0 saturated carbocycles. The Labute approximate surface area is 190 Å². The van der Waals surface area contributed by atoms with Gasteiger partial charge in [0.25, 0.3) is 0 Å². The second-order valence-electron chi connectivity index (χ2n) is 8.54. The summed E-state index contributed by atoms with van der Waals surface area (Å²) in [4.78, 5) is 15.5. The highest BCUT2D eigenvalue weighted by Gasteiger charge is 2.30. The fourth-order valence-electron chi connectivity index (χ4n) is 4.14. The molecule has 0 spiro atoms. The number of amides is 1. The molecule has 1 fully saturated rings. The van der Waals surface area contributed by atoms with E-state index in [0.717, 1.165) is 37.1 Å². The number of rotatable bonds is 7. The second kappa shape index (κ2) is 10.2. The topological polar surface area (TPSA) is 66.5 Å². The number of benzene rings is 2. The van der Waals surface area contributed by atoms with Gasteiger partial charge >= 0.3 is 0 Å². The van der Waals surface area contributed by atoms with Crippen LogP contribution in [0.2, 0.25) is 5.02 Å². The minimum absolute atomic E-state index is 0.0192. The van der Waals surface area contributed by atoms with E-state index in [9.17, 15) is 13.2 Å². The fourth-order valence-corrected chi connectivity index (χ4v) is 5.67. The molecule has 0 aliphatic carbocycles. The first-order chi connectivity index (χ1) is 14.7. The predicted octanol–water partition coefficient (Wildman–Crippen LogP) is 4.67. The van der Waals surface area contributed by atoms with Crippen LogP contribution in [-0.2, 0) is 14.8 Å². The van der Waals surface area contributed by atoms with Crippen LogP contribution in [0.1, 0.15) is 48.8 Å². The molecular weight excluding hydrogens is 432 g/mol. The first kappa shape index (κ1) is 23.8. The zero-order valence-electron chi connectivity index (χ0n) is 18.4. The van der Waals surface area contributed by atoms with Crippen molar-refractivity contribution in [3.8, 4) is 0 Å². The maximum atomic E-state index is 13.4. The van der Waals surface area contributed by atoms with Crippen LogP contribution in [0.15, 0.2) is 47.4 Å². The van der Waals surface area contributed by atoms with E-state index in [0.29, 0.717) is 22.9 Å². The van der Waals surface area contributed by atoms with E-state index in [1.165, 1.54) is 0 Å². The first-order valence-corrected chi connectivity index (χ1v) is 12.7. The Bertz CT molecular complexity index is 1030. The molecule has 1 aliphatic heterocycles. The number of likely N-dealkylation sites (tertiary alicyclic amines) is 1. The van der Waals surface area contributed by atoms with E-state index in [2.05, 4.69) is 11.6 Å². The molecule has 7 heteroatoms. The van der Waals surface area contributed by atoms with E-state index >= 15 is 0 Å². The fraction of sp³-hybridized carbons (Fsp3) is 0.458. The van der Waals surface area contributed by atoms with Gasteiger partial charge in [0.1, 0.15) is 0 Å². The Morgan fingerprint density at radius 1 is 1.16 bits per heavy atom. The maximum Gasteiger partial charge on any atom is 0.240 e. The normalized spacial score (nSPS) is 16.3. The van der Waals surface area contributed by atoms with Crippen molar-refractivity contribution in [2.24, 2.45) is 5.92 Å². The van der Waals surface area contributed by atoms with Gasteiger partial charge in [-0.1, -0.05) is 54.4 Å². The molecule has 5 nitrogen and oxygen atoms in total. The third kappa shape index (κ3) is 5.88. The number of aryl methyl sites for hydroxylation is 2. The molecule has 1 atom stereocenters. The summed E-state index contributed by atoms with van der Waals surface area (Å²) in [7, 11) is -3.66. The van der Waals surface area contributed by atoms with Gasteiger partial charge in [0.15, 0.2) is 0 Å². The number of hydrogen-bond acceptors (Lipinski definition) is 3. The van der Waals surface area contributed by atoms with Gasteiger partial charge in [-0.05, 0) is 62.3 Å². The average molecular weight is 463 g/mol. The standard InChI is InChI=1S/C24H31ClN2O3S/c1-17-11-14-27(15-12-17)24(28)21(20-6-4-5-7-22(20)25)10-13-26-31(29,30)23-9-8-18(2)16-19(23)3/h4-9,16-17,21,26H,10-15H2,1-3H3. The molecule has 0 radical (unpaired) electrons. The van der Waals surface area contributed by atoms with Crippen molar-refractivity contribution >= 4 is 27.5 Å². The van der Waals surface area contributed by atoms with Crippen LogP contribution in [0.25, 0.3) is 0 Å². The van der Waals surface area contributed by atoms with Gasteiger partial charge in [-0.2, -0.15) is 0 Å². The van der Waals surface area contributed by atoms with Crippen LogP contribution >= 0.6 is 11.6 Å². The van der Waals surface area contributed by atoms with Crippen molar-refractivity contribution in [1.29, 1.82) is 0 Å². The van der Waals surface area contributed by atoms with Crippen LogP contribution in [0, 0.1) is 19.8 Å². The predicted molar refractivity (Wildman–Crippen MR) is 125 cm³/mol. The summed E-state index contributed by atoms with van der Waals surface area (Å²) in [5.74, 6) is 0.155. The maximum absolute atomic E-state index is 13.4. The number of carbonyl (C=O) groups is 1. The van der Waals surface area contributed by atoms with Gasteiger partial charge in [-0.3, -0.25) is 4.79 Å². The molecule has 1 saturated heterocycles. The Balaban J connectivity index is 1.76. The van der Waals surface area contributed by atoms with Crippen LogP contribution in [0.5, 0.6) is 0 Å². The lowest BCUT2D eigenvalue weighted by Gasteiger charge is -2.33. The zero-order valence-corrected chi connectivity index (χ0v) is 20.0. The van der Waals surface area contributed by atoms with Crippen LogP contribution in [0.4, 0.5) is 0 Å². The molecule has 1 unspecified atom stereocenters. The number of nitrogens with zero attached hydrogens (tertiary/aromatic N) is 1. The third-order valence-electron chi connectivity index (χ3n) is 6.02. The van der Waals surface area contributed by atoms with Crippen LogP contribution < -0.4 is 4.72 Å². The van der Waals surface area contributed by atoms with Crippen molar-refractivity contribution in [1.82, 2.24) is 9.62 Å². The minimum Gasteiger partial charge on any atom is -0.342 e. The Hall–Kier alpha value is -1.89. The van der Waals surface area contributed by atoms with Crippen molar-refractivity contribution in [3.05, 3.63) is 64.2 Å². The number of piperidine rings is 1. The minimum atomic E-state index is -3.66. The number of halogens is 1. The quantitative estimate of drug-likeness (QED) is 0.650. The van der Waals surface area contributed by atoms with Gasteiger partial charge in [-0.15, -0.1) is 0 Å². The molecule has 31 heavy (non-hydrogen) atoms. The molecule has 0 bridgehead atoms. The van der Waals surface area contributed by atoms with E-state index < -0.39 is 15.9 Å². The van der Waals surface area contributed by atoms with Crippen LogP contribution in [-0.4, -0.2) is 38.9 Å². The number of hydrogen-bond donors (Lipinski definition) is 1. The van der Waals surface area contributed by atoms with Gasteiger partial charge in [0.2, 0.25) is 15.9 Å². The number of nitrogens with one attached hydrogen (secondary N) is 1. The van der Waals surface area contributed by atoms with Gasteiger partial charge in [0, 0.05) is 24.7 Å². The number of carbonyl (C=O) groups excluding carboxylic acids is 1. The van der Waals surface area contributed by atoms with Crippen molar-refractivity contribution in [2.75, 3.05) is 19.6 Å². The molecule has 2 aromatic rings. The van der Waals surface area contributed by atoms with E-state index in [1.54, 1.807) is 25.1 Å².